The van der Waals surface area contributed by atoms with Crippen molar-refractivity contribution >= 4 is 82.1 Å². The molecular weight excluding hydrogens is 617 g/mol. The summed E-state index contributed by atoms with van der Waals surface area (Å²) in [5, 5.41) is 8.04. The largest absolute Gasteiger partial charge is 0.456 e. The van der Waals surface area contributed by atoms with Gasteiger partial charge in [-0.25, -0.2) is 4.98 Å². The van der Waals surface area contributed by atoms with Crippen LogP contribution in [0, 0.1) is 0 Å². The second kappa shape index (κ2) is 11.2. The Kier molecular flexibility index (Phi) is 6.36. The van der Waals surface area contributed by atoms with Crippen LogP contribution >= 0.6 is 11.3 Å². The van der Waals surface area contributed by atoms with Crippen molar-refractivity contribution in [3.63, 3.8) is 0 Å². The smallest absolute Gasteiger partial charge is 0.137 e. The van der Waals surface area contributed by atoms with E-state index in [1.807, 2.05) is 0 Å². The molecule has 0 unspecified atom stereocenters. The highest BCUT2D eigenvalue weighted by molar-refractivity contribution is 7.21. The van der Waals surface area contributed by atoms with Gasteiger partial charge in [-0.1, -0.05) is 115 Å². The van der Waals surface area contributed by atoms with E-state index in [1.165, 1.54) is 37.4 Å². The number of furan rings is 1. The highest BCUT2D eigenvalue weighted by atomic mass is 32.1. The van der Waals surface area contributed by atoms with Gasteiger partial charge in [0.15, 0.2) is 0 Å². The van der Waals surface area contributed by atoms with Gasteiger partial charge in [-0.15, -0.1) is 11.3 Å². The molecule has 0 aliphatic heterocycles. The summed E-state index contributed by atoms with van der Waals surface area (Å²) in [7, 11) is 0. The SMILES string of the molecule is c1ccc(N(c2cccc(-c3cccc4ccccc34)c2)c2ccc3c(c2)oc2cccc(-c4nc5c(ccc6ccccc65)s4)c23)cc1. The van der Waals surface area contributed by atoms with Crippen molar-refractivity contribution in [2.24, 2.45) is 0 Å². The molecular formula is C45H28N2OS. The fourth-order valence-corrected chi connectivity index (χ4v) is 8.24. The first kappa shape index (κ1) is 27.8. The Morgan fingerprint density at radius 2 is 1.16 bits per heavy atom. The van der Waals surface area contributed by atoms with Crippen LogP contribution in [0.3, 0.4) is 0 Å². The minimum absolute atomic E-state index is 0.845. The van der Waals surface area contributed by atoms with Gasteiger partial charge in [0.05, 0.1) is 10.2 Å². The maximum Gasteiger partial charge on any atom is 0.137 e. The van der Waals surface area contributed by atoms with Crippen molar-refractivity contribution in [1.82, 2.24) is 4.98 Å². The second-order valence-electron chi connectivity index (χ2n) is 12.4. The predicted molar refractivity (Wildman–Crippen MR) is 207 cm³/mol. The lowest BCUT2D eigenvalue weighted by Crippen LogP contribution is -2.09. The number of hydrogen-bond acceptors (Lipinski definition) is 4. The fraction of sp³-hybridized carbons (Fsp3) is 0. The molecule has 0 bridgehead atoms. The van der Waals surface area contributed by atoms with E-state index in [1.54, 1.807) is 11.3 Å². The summed E-state index contributed by atoms with van der Waals surface area (Å²) in [6, 6.07) is 60.2. The van der Waals surface area contributed by atoms with E-state index in [9.17, 15) is 0 Å². The van der Waals surface area contributed by atoms with E-state index < -0.39 is 0 Å². The van der Waals surface area contributed by atoms with E-state index in [2.05, 4.69) is 175 Å². The lowest BCUT2D eigenvalue weighted by Gasteiger charge is -2.26. The lowest BCUT2D eigenvalue weighted by molar-refractivity contribution is 0.669. The van der Waals surface area contributed by atoms with Crippen molar-refractivity contribution < 1.29 is 4.42 Å². The molecule has 0 aliphatic rings. The number of hydrogen-bond donors (Lipinski definition) is 0. The van der Waals surface area contributed by atoms with Gasteiger partial charge in [0.25, 0.3) is 0 Å². The third kappa shape index (κ3) is 4.61. The highest BCUT2D eigenvalue weighted by Gasteiger charge is 2.19. The van der Waals surface area contributed by atoms with Crippen LogP contribution in [-0.2, 0) is 0 Å². The molecule has 2 aromatic heterocycles. The first-order valence-electron chi connectivity index (χ1n) is 16.5. The fourth-order valence-electron chi connectivity index (χ4n) is 7.22. The van der Waals surface area contributed by atoms with E-state index in [-0.39, 0.29) is 0 Å². The molecule has 8 aromatic carbocycles. The summed E-state index contributed by atoms with van der Waals surface area (Å²) in [5.41, 5.74) is 9.43. The number of fused-ring (bicyclic) bond motifs is 7. The van der Waals surface area contributed by atoms with Crippen LogP contribution in [0.25, 0.3) is 75.4 Å². The van der Waals surface area contributed by atoms with E-state index in [0.717, 1.165) is 55.1 Å². The number of aromatic nitrogens is 1. The van der Waals surface area contributed by atoms with Crippen LogP contribution in [-0.4, -0.2) is 4.98 Å². The van der Waals surface area contributed by atoms with Crippen LogP contribution in [0.2, 0.25) is 0 Å². The Balaban J connectivity index is 1.12. The maximum atomic E-state index is 6.61. The van der Waals surface area contributed by atoms with Crippen molar-refractivity contribution in [3.05, 3.63) is 170 Å². The van der Waals surface area contributed by atoms with Crippen LogP contribution in [0.15, 0.2) is 174 Å². The quantitative estimate of drug-likeness (QED) is 0.187. The first-order valence-corrected chi connectivity index (χ1v) is 17.3. The number of nitrogens with zero attached hydrogens (tertiary/aromatic N) is 2. The predicted octanol–water partition coefficient (Wildman–Crippen LogP) is 13.3. The molecule has 0 fully saturated rings. The van der Waals surface area contributed by atoms with Gasteiger partial charge in [-0.3, -0.25) is 0 Å². The molecule has 4 heteroatoms. The molecule has 230 valence electrons. The molecule has 0 radical (unpaired) electrons. The average Bonchev–Trinajstić information content (AvgIpc) is 3.77. The third-order valence-electron chi connectivity index (χ3n) is 9.47. The van der Waals surface area contributed by atoms with Gasteiger partial charge >= 0.3 is 0 Å². The Bertz CT molecular complexity index is 2840. The molecule has 2 heterocycles. The summed E-state index contributed by atoms with van der Waals surface area (Å²) >= 11 is 1.73. The number of rotatable bonds is 5. The molecule has 0 spiro atoms. The summed E-state index contributed by atoms with van der Waals surface area (Å²) < 4.78 is 7.80. The Hall–Kier alpha value is -6.23. The minimum Gasteiger partial charge on any atom is -0.456 e. The standard InChI is InChI=1S/C45H28N2OS/c1-2-15-32(16-3-1)47(33-17-8-14-31(27-33)36-20-9-13-29-11-4-6-18-35(29)36)34-24-25-38-41(28-34)48-40-22-10-21-39(43(38)40)45-46-44-37-19-7-5-12-30(37)23-26-42(44)49-45/h1-28H. The average molecular weight is 645 g/mol. The van der Waals surface area contributed by atoms with Crippen LogP contribution in [0.1, 0.15) is 0 Å². The zero-order chi connectivity index (χ0) is 32.3. The van der Waals surface area contributed by atoms with Gasteiger partial charge < -0.3 is 9.32 Å². The van der Waals surface area contributed by atoms with Gasteiger partial charge in [-0.05, 0) is 75.8 Å². The van der Waals surface area contributed by atoms with Crippen LogP contribution in [0.4, 0.5) is 17.1 Å². The first-order chi connectivity index (χ1) is 24.3. The monoisotopic (exact) mass is 644 g/mol. The van der Waals surface area contributed by atoms with Crippen molar-refractivity contribution in [2.75, 3.05) is 4.90 Å². The number of thiazole rings is 1. The Labute approximate surface area is 286 Å². The Morgan fingerprint density at radius 1 is 0.469 bits per heavy atom. The second-order valence-corrected chi connectivity index (χ2v) is 13.4. The van der Waals surface area contributed by atoms with E-state index >= 15 is 0 Å². The summed E-state index contributed by atoms with van der Waals surface area (Å²) in [6.45, 7) is 0. The van der Waals surface area contributed by atoms with Gasteiger partial charge in [0.2, 0.25) is 0 Å². The minimum atomic E-state index is 0.845. The van der Waals surface area contributed by atoms with Crippen molar-refractivity contribution in [3.8, 4) is 21.7 Å². The summed E-state index contributed by atoms with van der Waals surface area (Å²) in [6.07, 6.45) is 0. The molecule has 3 nitrogen and oxygen atoms in total. The number of benzene rings is 8. The van der Waals surface area contributed by atoms with Crippen molar-refractivity contribution in [1.29, 1.82) is 0 Å². The number of para-hydroxylation sites is 1. The van der Waals surface area contributed by atoms with Gasteiger partial charge in [0.1, 0.15) is 16.2 Å². The zero-order valence-corrected chi connectivity index (χ0v) is 27.2. The molecule has 0 saturated heterocycles. The molecule has 49 heavy (non-hydrogen) atoms. The van der Waals surface area contributed by atoms with E-state index in [0.29, 0.717) is 0 Å². The van der Waals surface area contributed by atoms with E-state index in [4.69, 9.17) is 9.40 Å². The van der Waals surface area contributed by atoms with Crippen molar-refractivity contribution in [2.45, 2.75) is 0 Å². The van der Waals surface area contributed by atoms with Gasteiger partial charge in [0, 0.05) is 44.9 Å². The molecule has 0 N–H and O–H groups in total. The molecule has 0 aliphatic carbocycles. The normalized spacial score (nSPS) is 11.7. The molecule has 0 atom stereocenters. The lowest BCUT2D eigenvalue weighted by atomic mass is 9.97. The van der Waals surface area contributed by atoms with Crippen LogP contribution in [0.5, 0.6) is 0 Å². The maximum absolute atomic E-state index is 6.61. The van der Waals surface area contributed by atoms with Gasteiger partial charge in [-0.2, -0.15) is 0 Å². The molecule has 0 saturated carbocycles. The highest BCUT2D eigenvalue weighted by Crippen LogP contribution is 2.44. The molecule has 0 amide bonds. The summed E-state index contributed by atoms with van der Waals surface area (Å²) in [4.78, 5) is 7.50. The Morgan fingerprint density at radius 3 is 2.06 bits per heavy atom. The summed E-state index contributed by atoms with van der Waals surface area (Å²) in [5.74, 6) is 0. The van der Waals surface area contributed by atoms with Crippen LogP contribution < -0.4 is 4.90 Å². The zero-order valence-electron chi connectivity index (χ0n) is 26.4. The topological polar surface area (TPSA) is 29.3 Å². The molecule has 10 rings (SSSR count). The molecule has 10 aromatic rings. The number of anilines is 3. The third-order valence-corrected chi connectivity index (χ3v) is 10.5.